The van der Waals surface area contributed by atoms with Crippen LogP contribution in [0.3, 0.4) is 0 Å². The van der Waals surface area contributed by atoms with Crippen LogP contribution < -0.4 is 0 Å². The number of rotatable bonds is 4. The molecule has 2 aromatic rings. The summed E-state index contributed by atoms with van der Waals surface area (Å²) in [6.45, 7) is 5.59. The Morgan fingerprint density at radius 1 is 1.21 bits per heavy atom. The van der Waals surface area contributed by atoms with E-state index in [9.17, 15) is 4.79 Å². The van der Waals surface area contributed by atoms with Crippen molar-refractivity contribution in [3.05, 3.63) is 47.5 Å². The summed E-state index contributed by atoms with van der Waals surface area (Å²) in [5.41, 5.74) is 0.679. The van der Waals surface area contributed by atoms with E-state index in [1.165, 1.54) is 0 Å². The summed E-state index contributed by atoms with van der Waals surface area (Å²) in [4.78, 5) is 18.2. The molecule has 0 unspecified atom stereocenters. The first-order valence-electron chi connectivity index (χ1n) is 10.00. The Morgan fingerprint density at radius 2 is 1.93 bits per heavy atom. The van der Waals surface area contributed by atoms with Gasteiger partial charge in [-0.05, 0) is 45.5 Å². The number of amides is 1. The highest BCUT2D eigenvalue weighted by Gasteiger charge is 2.46. The summed E-state index contributed by atoms with van der Waals surface area (Å²) in [6.07, 6.45) is 1.69. The minimum Gasteiger partial charge on any atom is -0.377 e. The van der Waals surface area contributed by atoms with Crippen LogP contribution in [0, 0.1) is 0 Å². The van der Waals surface area contributed by atoms with Gasteiger partial charge in [-0.2, -0.15) is 0 Å². The Labute approximate surface area is 166 Å². The van der Waals surface area contributed by atoms with Crippen molar-refractivity contribution in [3.63, 3.8) is 0 Å². The summed E-state index contributed by atoms with van der Waals surface area (Å²) >= 11 is 0. The van der Waals surface area contributed by atoms with E-state index >= 15 is 0 Å². The molecule has 1 amide bonds. The van der Waals surface area contributed by atoms with Crippen molar-refractivity contribution in [2.45, 2.75) is 44.4 Å². The van der Waals surface area contributed by atoms with Gasteiger partial charge in [0.05, 0.1) is 18.0 Å². The van der Waals surface area contributed by atoms with Gasteiger partial charge in [-0.25, -0.2) is 0 Å². The van der Waals surface area contributed by atoms with Crippen molar-refractivity contribution >= 4 is 5.91 Å². The molecule has 150 valence electrons. The topological polar surface area (TPSA) is 63.5 Å². The lowest BCUT2D eigenvalue weighted by Crippen LogP contribution is -2.54. The number of carbonyl (C=O) groups is 1. The Hall–Kier alpha value is -2.25. The molecular formula is C21H29N5O2. The molecule has 2 aliphatic rings. The summed E-state index contributed by atoms with van der Waals surface area (Å²) in [5.74, 6) is 1.89. The van der Waals surface area contributed by atoms with Crippen LogP contribution >= 0.6 is 0 Å². The number of aromatic nitrogens is 3. The van der Waals surface area contributed by atoms with E-state index in [0.29, 0.717) is 19.7 Å². The van der Waals surface area contributed by atoms with Crippen molar-refractivity contribution in [2.75, 3.05) is 33.8 Å². The van der Waals surface area contributed by atoms with Gasteiger partial charge in [-0.15, -0.1) is 10.2 Å². The average molecular weight is 383 g/mol. The Balaban J connectivity index is 1.64. The fraction of sp³-hybridized carbons (Fsp3) is 0.571. The Bertz CT molecular complexity index is 827. The zero-order valence-corrected chi connectivity index (χ0v) is 17.0. The number of hydrogen-bond acceptors (Lipinski definition) is 5. The highest BCUT2D eigenvalue weighted by atomic mass is 16.5. The van der Waals surface area contributed by atoms with E-state index < -0.39 is 5.41 Å². The first-order chi connectivity index (χ1) is 13.5. The normalized spacial score (nSPS) is 22.1. The maximum atomic E-state index is 13.9. The molecule has 1 atom stereocenters. The molecule has 1 aromatic carbocycles. The van der Waals surface area contributed by atoms with Gasteiger partial charge in [-0.1, -0.05) is 30.3 Å². The second-order valence-corrected chi connectivity index (χ2v) is 8.12. The maximum absolute atomic E-state index is 13.9. The number of hydrogen-bond donors (Lipinski definition) is 0. The number of likely N-dealkylation sites (tertiary alicyclic amines) is 1. The third-order valence-corrected chi connectivity index (χ3v) is 6.23. The van der Waals surface area contributed by atoms with E-state index in [1.54, 1.807) is 7.11 Å². The van der Waals surface area contributed by atoms with Crippen molar-refractivity contribution < 1.29 is 9.53 Å². The lowest BCUT2D eigenvalue weighted by Gasteiger charge is -2.44. The SMILES string of the molecule is COCc1nnc2n1[C@@H](C)CN(C(=O)C1(c3ccccc3)CCN(C)CC1)C2. The molecule has 7 heteroatoms. The second-order valence-electron chi connectivity index (χ2n) is 8.12. The molecule has 0 N–H and O–H groups in total. The molecule has 7 nitrogen and oxygen atoms in total. The van der Waals surface area contributed by atoms with Crippen LogP contribution in [0.1, 0.15) is 43.0 Å². The fourth-order valence-electron chi connectivity index (χ4n) is 4.68. The predicted molar refractivity (Wildman–Crippen MR) is 106 cm³/mol. The van der Waals surface area contributed by atoms with Gasteiger partial charge in [0, 0.05) is 13.7 Å². The van der Waals surface area contributed by atoms with Crippen LogP contribution in [0.4, 0.5) is 0 Å². The van der Waals surface area contributed by atoms with E-state index in [0.717, 1.165) is 43.1 Å². The van der Waals surface area contributed by atoms with Crippen molar-refractivity contribution in [1.29, 1.82) is 0 Å². The summed E-state index contributed by atoms with van der Waals surface area (Å²) in [6, 6.07) is 10.4. The largest absolute Gasteiger partial charge is 0.377 e. The molecule has 3 heterocycles. The number of nitrogens with zero attached hydrogens (tertiary/aromatic N) is 5. The minimum atomic E-state index is -0.453. The standard InChI is InChI=1S/C21H29N5O2/c1-16-13-25(14-18-22-23-19(15-28-3)26(16)18)20(27)21(9-11-24(2)12-10-21)17-7-5-4-6-8-17/h4-8,16H,9-15H2,1-3H3/t16-/m0/s1. The van der Waals surface area contributed by atoms with Crippen LogP contribution in [0.15, 0.2) is 30.3 Å². The molecule has 0 saturated carbocycles. The van der Waals surface area contributed by atoms with Crippen molar-refractivity contribution in [1.82, 2.24) is 24.6 Å². The van der Waals surface area contributed by atoms with E-state index in [-0.39, 0.29) is 11.9 Å². The molecule has 28 heavy (non-hydrogen) atoms. The molecular weight excluding hydrogens is 354 g/mol. The van der Waals surface area contributed by atoms with Crippen molar-refractivity contribution in [2.24, 2.45) is 0 Å². The Morgan fingerprint density at radius 3 is 2.61 bits per heavy atom. The molecule has 1 fully saturated rings. The van der Waals surface area contributed by atoms with E-state index in [4.69, 9.17) is 4.74 Å². The zero-order chi connectivity index (χ0) is 19.7. The highest BCUT2D eigenvalue weighted by Crippen LogP contribution is 2.38. The molecule has 1 aromatic heterocycles. The highest BCUT2D eigenvalue weighted by molar-refractivity contribution is 5.88. The van der Waals surface area contributed by atoms with Gasteiger partial charge in [0.25, 0.3) is 0 Å². The first-order valence-corrected chi connectivity index (χ1v) is 10.00. The predicted octanol–water partition coefficient (Wildman–Crippen LogP) is 1.99. The zero-order valence-electron chi connectivity index (χ0n) is 17.0. The lowest BCUT2D eigenvalue weighted by atomic mass is 9.71. The van der Waals surface area contributed by atoms with Crippen LogP contribution in [-0.4, -0.2) is 64.3 Å². The van der Waals surface area contributed by atoms with Gasteiger partial charge in [0.15, 0.2) is 11.6 Å². The van der Waals surface area contributed by atoms with Gasteiger partial charge >= 0.3 is 0 Å². The minimum absolute atomic E-state index is 0.131. The summed E-state index contributed by atoms with van der Waals surface area (Å²) in [5, 5.41) is 8.61. The number of fused-ring (bicyclic) bond motifs is 1. The monoisotopic (exact) mass is 383 g/mol. The number of ether oxygens (including phenoxy) is 1. The lowest BCUT2D eigenvalue weighted by molar-refractivity contribution is -0.141. The molecule has 0 spiro atoms. The average Bonchev–Trinajstić information content (AvgIpc) is 3.13. The second kappa shape index (κ2) is 7.64. The van der Waals surface area contributed by atoms with Crippen LogP contribution in [0.25, 0.3) is 0 Å². The molecule has 1 saturated heterocycles. The van der Waals surface area contributed by atoms with Gasteiger partial charge < -0.3 is 19.1 Å². The number of carbonyl (C=O) groups excluding carboxylic acids is 1. The van der Waals surface area contributed by atoms with Gasteiger partial charge in [0.2, 0.25) is 5.91 Å². The summed E-state index contributed by atoms with van der Waals surface area (Å²) in [7, 11) is 3.79. The molecule has 0 radical (unpaired) electrons. The smallest absolute Gasteiger partial charge is 0.233 e. The summed E-state index contributed by atoms with van der Waals surface area (Å²) < 4.78 is 7.37. The molecule has 2 aliphatic heterocycles. The fourth-order valence-corrected chi connectivity index (χ4v) is 4.68. The van der Waals surface area contributed by atoms with Crippen LogP contribution in [-0.2, 0) is 28.1 Å². The number of benzene rings is 1. The third-order valence-electron chi connectivity index (χ3n) is 6.23. The van der Waals surface area contributed by atoms with Crippen molar-refractivity contribution in [3.8, 4) is 0 Å². The third kappa shape index (κ3) is 3.22. The number of piperidine rings is 1. The van der Waals surface area contributed by atoms with E-state index in [1.807, 2.05) is 23.1 Å². The van der Waals surface area contributed by atoms with Gasteiger partial charge in [-0.3, -0.25) is 4.79 Å². The number of methoxy groups -OCH3 is 1. The first kappa shape index (κ1) is 19.1. The van der Waals surface area contributed by atoms with Crippen LogP contribution in [0.2, 0.25) is 0 Å². The van der Waals surface area contributed by atoms with Gasteiger partial charge in [0.1, 0.15) is 6.61 Å². The van der Waals surface area contributed by atoms with E-state index in [2.05, 4.69) is 45.8 Å². The van der Waals surface area contributed by atoms with Crippen LogP contribution in [0.5, 0.6) is 0 Å². The molecule has 0 bridgehead atoms. The molecule has 0 aliphatic carbocycles. The quantitative estimate of drug-likeness (QED) is 0.808. The molecule has 4 rings (SSSR count). The maximum Gasteiger partial charge on any atom is 0.233 e. The Kier molecular flexibility index (Phi) is 5.21.